The SMILES string of the molecule is CCN1CCC(N(C)C2(CN)CC(OC)C2)CC1. The summed E-state index contributed by atoms with van der Waals surface area (Å²) >= 11 is 0. The summed E-state index contributed by atoms with van der Waals surface area (Å²) in [4.78, 5) is 5.10. The van der Waals surface area contributed by atoms with Gasteiger partial charge in [0.25, 0.3) is 0 Å². The zero-order chi connectivity index (χ0) is 13.2. The highest BCUT2D eigenvalue weighted by Crippen LogP contribution is 2.40. The molecule has 4 nitrogen and oxygen atoms in total. The second-order valence-corrected chi connectivity index (χ2v) is 5.97. The molecule has 1 saturated heterocycles. The Morgan fingerprint density at radius 3 is 2.39 bits per heavy atom. The molecule has 106 valence electrons. The highest BCUT2D eigenvalue weighted by atomic mass is 16.5. The fourth-order valence-electron chi connectivity index (χ4n) is 3.56. The van der Waals surface area contributed by atoms with Crippen LogP contribution in [0.1, 0.15) is 32.6 Å². The van der Waals surface area contributed by atoms with Gasteiger partial charge in [0.05, 0.1) is 6.10 Å². The molecule has 4 heteroatoms. The number of hydrogen-bond acceptors (Lipinski definition) is 4. The quantitative estimate of drug-likeness (QED) is 0.793. The van der Waals surface area contributed by atoms with E-state index in [-0.39, 0.29) is 5.54 Å². The molecule has 18 heavy (non-hydrogen) atoms. The van der Waals surface area contributed by atoms with Crippen LogP contribution in [0.2, 0.25) is 0 Å². The van der Waals surface area contributed by atoms with Crippen molar-refractivity contribution in [1.82, 2.24) is 9.80 Å². The number of ether oxygens (including phenoxy) is 1. The number of likely N-dealkylation sites (tertiary alicyclic amines) is 1. The van der Waals surface area contributed by atoms with E-state index in [9.17, 15) is 0 Å². The fourth-order valence-corrected chi connectivity index (χ4v) is 3.56. The van der Waals surface area contributed by atoms with Crippen LogP contribution in [0, 0.1) is 0 Å². The van der Waals surface area contributed by atoms with Gasteiger partial charge in [-0.3, -0.25) is 4.90 Å². The Morgan fingerprint density at radius 1 is 1.33 bits per heavy atom. The molecule has 0 aromatic rings. The fraction of sp³-hybridized carbons (Fsp3) is 1.00. The van der Waals surface area contributed by atoms with Gasteiger partial charge >= 0.3 is 0 Å². The van der Waals surface area contributed by atoms with Crippen LogP contribution in [-0.2, 0) is 4.74 Å². The molecule has 2 fully saturated rings. The third-order valence-corrected chi connectivity index (χ3v) is 5.23. The van der Waals surface area contributed by atoms with E-state index in [4.69, 9.17) is 10.5 Å². The molecule has 0 bridgehead atoms. The Labute approximate surface area is 111 Å². The summed E-state index contributed by atoms with van der Waals surface area (Å²) in [6.07, 6.45) is 5.19. The number of nitrogens with two attached hydrogens (primary N) is 1. The molecule has 2 rings (SSSR count). The molecule has 2 aliphatic rings. The first-order valence-electron chi connectivity index (χ1n) is 7.33. The first-order chi connectivity index (χ1) is 8.65. The van der Waals surface area contributed by atoms with Gasteiger partial charge in [-0.25, -0.2) is 0 Å². The minimum absolute atomic E-state index is 0.208. The lowest BCUT2D eigenvalue weighted by Crippen LogP contribution is -2.65. The van der Waals surface area contributed by atoms with Gasteiger partial charge in [0.15, 0.2) is 0 Å². The van der Waals surface area contributed by atoms with Crippen LogP contribution >= 0.6 is 0 Å². The second-order valence-electron chi connectivity index (χ2n) is 5.97. The van der Waals surface area contributed by atoms with Crippen LogP contribution in [0.3, 0.4) is 0 Å². The summed E-state index contributed by atoms with van der Waals surface area (Å²) in [6, 6.07) is 0.703. The van der Waals surface area contributed by atoms with Gasteiger partial charge < -0.3 is 15.4 Å². The van der Waals surface area contributed by atoms with Crippen molar-refractivity contribution in [2.45, 2.75) is 50.3 Å². The highest BCUT2D eigenvalue weighted by molar-refractivity contribution is 5.05. The molecule has 0 atom stereocenters. The van der Waals surface area contributed by atoms with Gasteiger partial charge in [0.1, 0.15) is 0 Å². The van der Waals surface area contributed by atoms with Crippen LogP contribution in [-0.4, -0.2) is 67.8 Å². The van der Waals surface area contributed by atoms with Crippen molar-refractivity contribution in [2.75, 3.05) is 40.3 Å². The largest absolute Gasteiger partial charge is 0.381 e. The maximum absolute atomic E-state index is 6.04. The zero-order valence-corrected chi connectivity index (χ0v) is 12.2. The predicted molar refractivity (Wildman–Crippen MR) is 74.7 cm³/mol. The van der Waals surface area contributed by atoms with Gasteiger partial charge in [-0.2, -0.15) is 0 Å². The first-order valence-corrected chi connectivity index (χ1v) is 7.33. The molecule has 0 aromatic carbocycles. The van der Waals surface area contributed by atoms with Crippen molar-refractivity contribution in [1.29, 1.82) is 0 Å². The van der Waals surface area contributed by atoms with Crippen molar-refractivity contribution < 1.29 is 4.74 Å². The molecule has 0 amide bonds. The smallest absolute Gasteiger partial charge is 0.0607 e. The average molecular weight is 255 g/mol. The van der Waals surface area contributed by atoms with Crippen molar-refractivity contribution in [3.05, 3.63) is 0 Å². The lowest BCUT2D eigenvalue weighted by Gasteiger charge is -2.55. The van der Waals surface area contributed by atoms with E-state index in [0.717, 1.165) is 19.4 Å². The van der Waals surface area contributed by atoms with Gasteiger partial charge in [-0.05, 0) is 52.4 Å². The first kappa shape index (κ1) is 14.3. The molecule has 1 aliphatic heterocycles. The van der Waals surface area contributed by atoms with Gasteiger partial charge in [0, 0.05) is 25.2 Å². The number of hydrogen-bond donors (Lipinski definition) is 1. The third-order valence-electron chi connectivity index (χ3n) is 5.23. The van der Waals surface area contributed by atoms with Crippen LogP contribution < -0.4 is 5.73 Å². The molecule has 0 spiro atoms. The van der Waals surface area contributed by atoms with Crippen LogP contribution in [0.4, 0.5) is 0 Å². The van der Waals surface area contributed by atoms with E-state index in [1.807, 2.05) is 7.11 Å². The van der Waals surface area contributed by atoms with Crippen LogP contribution in [0.15, 0.2) is 0 Å². The molecular weight excluding hydrogens is 226 g/mol. The summed E-state index contributed by atoms with van der Waals surface area (Å²) in [5, 5.41) is 0. The van der Waals surface area contributed by atoms with E-state index in [1.54, 1.807) is 0 Å². The summed E-state index contributed by atoms with van der Waals surface area (Å²) < 4.78 is 5.42. The van der Waals surface area contributed by atoms with Crippen molar-refractivity contribution >= 4 is 0 Å². The summed E-state index contributed by atoms with van der Waals surface area (Å²) in [7, 11) is 4.08. The Morgan fingerprint density at radius 2 is 1.94 bits per heavy atom. The maximum Gasteiger partial charge on any atom is 0.0607 e. The minimum Gasteiger partial charge on any atom is -0.381 e. The van der Waals surface area contributed by atoms with E-state index < -0.39 is 0 Å². The average Bonchev–Trinajstić information content (AvgIpc) is 2.38. The molecule has 1 saturated carbocycles. The van der Waals surface area contributed by atoms with E-state index in [0.29, 0.717) is 12.1 Å². The van der Waals surface area contributed by atoms with E-state index in [1.165, 1.54) is 32.5 Å². The second kappa shape index (κ2) is 5.87. The lowest BCUT2D eigenvalue weighted by molar-refractivity contribution is -0.0981. The summed E-state index contributed by atoms with van der Waals surface area (Å²) in [5.41, 5.74) is 6.25. The monoisotopic (exact) mass is 255 g/mol. The topological polar surface area (TPSA) is 41.7 Å². The number of likely N-dealkylation sites (N-methyl/N-ethyl adjacent to an activating group) is 1. The molecule has 1 heterocycles. The molecule has 0 radical (unpaired) electrons. The zero-order valence-electron chi connectivity index (χ0n) is 12.2. The van der Waals surface area contributed by atoms with Crippen LogP contribution in [0.5, 0.6) is 0 Å². The maximum atomic E-state index is 6.04. The van der Waals surface area contributed by atoms with E-state index >= 15 is 0 Å². The van der Waals surface area contributed by atoms with Crippen molar-refractivity contribution in [2.24, 2.45) is 5.73 Å². The summed E-state index contributed by atoms with van der Waals surface area (Å²) in [6.45, 7) is 6.67. The van der Waals surface area contributed by atoms with E-state index in [2.05, 4.69) is 23.8 Å². The Hall–Kier alpha value is -0.160. The van der Waals surface area contributed by atoms with Gasteiger partial charge in [0.2, 0.25) is 0 Å². The third kappa shape index (κ3) is 2.57. The Balaban J connectivity index is 1.89. The molecule has 0 unspecified atom stereocenters. The van der Waals surface area contributed by atoms with Crippen molar-refractivity contribution in [3.63, 3.8) is 0 Å². The number of nitrogens with zero attached hydrogens (tertiary/aromatic N) is 2. The van der Waals surface area contributed by atoms with Crippen LogP contribution in [0.25, 0.3) is 0 Å². The molecule has 0 aromatic heterocycles. The van der Waals surface area contributed by atoms with Gasteiger partial charge in [-0.1, -0.05) is 6.92 Å². The standard InChI is InChI=1S/C14H29N3O/c1-4-17-7-5-12(6-8-17)16(2)14(11-15)9-13(10-14)18-3/h12-13H,4-11,15H2,1-3H3. The lowest BCUT2D eigenvalue weighted by atomic mass is 9.72. The normalized spacial score (nSPS) is 34.8. The van der Waals surface area contributed by atoms with Crippen molar-refractivity contribution in [3.8, 4) is 0 Å². The Bertz CT molecular complexity index is 258. The van der Waals surface area contributed by atoms with Gasteiger partial charge in [-0.15, -0.1) is 0 Å². The number of rotatable bonds is 5. The molecule has 2 N–H and O–H groups in total. The molecular formula is C14H29N3O. The Kier molecular flexibility index (Phi) is 4.64. The predicted octanol–water partition coefficient (Wildman–Crippen LogP) is 0.909. The number of piperidine rings is 1. The molecule has 1 aliphatic carbocycles. The highest BCUT2D eigenvalue weighted by Gasteiger charge is 2.48. The number of methoxy groups -OCH3 is 1. The summed E-state index contributed by atoms with van der Waals surface area (Å²) in [5.74, 6) is 0. The minimum atomic E-state index is 0.208.